The van der Waals surface area contributed by atoms with E-state index in [1.165, 1.54) is 6.92 Å². The molecule has 0 aliphatic rings. The molecule has 0 rings (SSSR count). The highest BCUT2D eigenvalue weighted by Gasteiger charge is 2.25. The molecule has 0 spiro atoms. The first-order valence-electron chi connectivity index (χ1n) is 3.48. The Kier molecular flexibility index (Phi) is 4.18. The lowest BCUT2D eigenvalue weighted by molar-refractivity contribution is 0.225. The van der Waals surface area contributed by atoms with Crippen molar-refractivity contribution in [3.05, 3.63) is 0 Å². The minimum absolute atomic E-state index is 0.399. The predicted octanol–water partition coefficient (Wildman–Crippen LogP) is 1.66. The summed E-state index contributed by atoms with van der Waals surface area (Å²) in [7, 11) is -2.72. The number of aliphatic hydroxyl groups excluding tert-OH is 1. The third-order valence-electron chi connectivity index (χ3n) is 1.36. The zero-order valence-electron chi connectivity index (χ0n) is 6.70. The Morgan fingerprint density at radius 3 is 2.20 bits per heavy atom. The van der Waals surface area contributed by atoms with Gasteiger partial charge < -0.3 is 9.63 Å². The summed E-state index contributed by atoms with van der Waals surface area (Å²) in [6.07, 6.45) is 0.401. The van der Waals surface area contributed by atoms with Crippen LogP contribution >= 0.6 is 7.37 Å². The third-order valence-corrected chi connectivity index (χ3v) is 4.07. The Labute approximate surface area is 61.8 Å². The van der Waals surface area contributed by atoms with Crippen LogP contribution in [0.15, 0.2) is 0 Å². The van der Waals surface area contributed by atoms with Gasteiger partial charge in [0.2, 0.25) is 7.37 Å². The van der Waals surface area contributed by atoms with E-state index in [1.807, 2.05) is 0 Å². The molecule has 0 aromatic carbocycles. The molecule has 1 N–H and O–H groups in total. The van der Waals surface area contributed by atoms with E-state index >= 15 is 0 Å². The highest BCUT2D eigenvalue weighted by atomic mass is 31.2. The van der Waals surface area contributed by atoms with Crippen LogP contribution in [0.25, 0.3) is 0 Å². The molecule has 0 aliphatic heterocycles. The quantitative estimate of drug-likeness (QED) is 0.646. The highest BCUT2D eigenvalue weighted by molar-refractivity contribution is 7.59. The molecule has 0 aromatic rings. The van der Waals surface area contributed by atoms with Gasteiger partial charge in [-0.05, 0) is 13.8 Å². The molecule has 0 saturated heterocycles. The summed E-state index contributed by atoms with van der Waals surface area (Å²) in [6, 6.07) is 0. The second-order valence-electron chi connectivity index (χ2n) is 2.09. The Morgan fingerprint density at radius 1 is 1.60 bits per heavy atom. The van der Waals surface area contributed by atoms with Gasteiger partial charge >= 0.3 is 0 Å². The van der Waals surface area contributed by atoms with Gasteiger partial charge in [-0.25, -0.2) is 0 Å². The summed E-state index contributed by atoms with van der Waals surface area (Å²) < 4.78 is 16.4. The van der Waals surface area contributed by atoms with Crippen molar-refractivity contribution in [3.63, 3.8) is 0 Å². The average molecular weight is 166 g/mol. The molecule has 0 fully saturated rings. The van der Waals surface area contributed by atoms with Gasteiger partial charge in [-0.3, -0.25) is 4.57 Å². The van der Waals surface area contributed by atoms with Crippen LogP contribution in [0.5, 0.6) is 0 Å². The van der Waals surface area contributed by atoms with Crippen LogP contribution in [0.4, 0.5) is 0 Å². The maximum Gasteiger partial charge on any atom is 0.230 e. The summed E-state index contributed by atoms with van der Waals surface area (Å²) in [5, 5.41) is 9.01. The Balaban J connectivity index is 4.10. The fraction of sp³-hybridized carbons (Fsp3) is 1.00. The Hall–Kier alpha value is 0.150. The van der Waals surface area contributed by atoms with Crippen molar-refractivity contribution in [2.45, 2.75) is 26.6 Å². The lowest BCUT2D eigenvalue weighted by atomic mass is 10.9. The van der Waals surface area contributed by atoms with E-state index in [9.17, 15) is 4.57 Å². The fourth-order valence-corrected chi connectivity index (χ4v) is 2.05. The largest absolute Gasteiger partial charge is 0.383 e. The summed E-state index contributed by atoms with van der Waals surface area (Å²) in [4.78, 5) is 0. The molecule has 10 heavy (non-hydrogen) atoms. The van der Waals surface area contributed by atoms with Crippen molar-refractivity contribution in [2.24, 2.45) is 0 Å². The second-order valence-corrected chi connectivity index (χ2v) is 5.18. The van der Waals surface area contributed by atoms with Crippen molar-refractivity contribution in [1.82, 2.24) is 0 Å². The number of hydrogen-bond acceptors (Lipinski definition) is 3. The van der Waals surface area contributed by atoms with E-state index in [2.05, 4.69) is 0 Å². The first kappa shape index (κ1) is 10.2. The monoisotopic (exact) mass is 166 g/mol. The van der Waals surface area contributed by atoms with E-state index < -0.39 is 13.2 Å². The Bertz CT molecular complexity index is 133. The van der Waals surface area contributed by atoms with Crippen molar-refractivity contribution in [1.29, 1.82) is 0 Å². The van der Waals surface area contributed by atoms with Crippen molar-refractivity contribution >= 4 is 7.37 Å². The van der Waals surface area contributed by atoms with Crippen LogP contribution in [0.2, 0.25) is 0 Å². The lowest BCUT2D eigenvalue weighted by Gasteiger charge is -2.17. The van der Waals surface area contributed by atoms with Crippen molar-refractivity contribution in [2.75, 3.05) is 12.8 Å². The van der Waals surface area contributed by atoms with Crippen LogP contribution in [0.1, 0.15) is 20.8 Å². The predicted molar refractivity (Wildman–Crippen MR) is 41.5 cm³/mol. The van der Waals surface area contributed by atoms with E-state index in [0.29, 0.717) is 12.8 Å². The molecular weight excluding hydrogens is 151 g/mol. The van der Waals surface area contributed by atoms with Crippen LogP contribution in [0.3, 0.4) is 0 Å². The SMILES string of the molecule is CCOP(=O)(CC)C(C)O. The minimum Gasteiger partial charge on any atom is -0.383 e. The van der Waals surface area contributed by atoms with Crippen molar-refractivity contribution in [3.8, 4) is 0 Å². The molecule has 0 amide bonds. The van der Waals surface area contributed by atoms with E-state index in [1.54, 1.807) is 13.8 Å². The van der Waals surface area contributed by atoms with Crippen molar-refractivity contribution < 1.29 is 14.2 Å². The zero-order valence-corrected chi connectivity index (χ0v) is 7.60. The van der Waals surface area contributed by atoms with Gasteiger partial charge in [0, 0.05) is 6.16 Å². The summed E-state index contributed by atoms with van der Waals surface area (Å²) in [6.45, 7) is 5.42. The molecule has 0 saturated carbocycles. The van der Waals surface area contributed by atoms with Gasteiger partial charge in [0.1, 0.15) is 5.85 Å². The van der Waals surface area contributed by atoms with Gasteiger partial charge in [-0.2, -0.15) is 0 Å². The van der Waals surface area contributed by atoms with Crippen LogP contribution in [0, 0.1) is 0 Å². The van der Waals surface area contributed by atoms with Crippen LogP contribution < -0.4 is 0 Å². The van der Waals surface area contributed by atoms with Gasteiger partial charge in [0.15, 0.2) is 0 Å². The maximum absolute atomic E-state index is 11.4. The smallest absolute Gasteiger partial charge is 0.230 e. The van der Waals surface area contributed by atoms with Gasteiger partial charge in [0.25, 0.3) is 0 Å². The topological polar surface area (TPSA) is 46.5 Å². The third kappa shape index (κ3) is 2.41. The standard InChI is InChI=1S/C6H15O3P/c1-4-9-10(8,5-2)6(3)7/h6-7H,4-5H2,1-3H3. The van der Waals surface area contributed by atoms with E-state index in [0.717, 1.165) is 0 Å². The van der Waals surface area contributed by atoms with Gasteiger partial charge in [-0.1, -0.05) is 6.92 Å². The molecule has 2 atom stereocenters. The molecule has 0 aliphatic carbocycles. The highest BCUT2D eigenvalue weighted by Crippen LogP contribution is 2.49. The molecule has 0 radical (unpaired) electrons. The van der Waals surface area contributed by atoms with E-state index in [-0.39, 0.29) is 0 Å². The molecule has 0 aromatic heterocycles. The number of hydrogen-bond donors (Lipinski definition) is 1. The first-order chi connectivity index (χ1) is 4.56. The van der Waals surface area contributed by atoms with Crippen LogP contribution in [-0.4, -0.2) is 23.7 Å². The molecule has 4 heteroatoms. The molecule has 2 unspecified atom stereocenters. The lowest BCUT2D eigenvalue weighted by Crippen LogP contribution is -2.06. The summed E-state index contributed by atoms with van der Waals surface area (Å²) in [5.41, 5.74) is 0. The van der Waals surface area contributed by atoms with Gasteiger partial charge in [-0.15, -0.1) is 0 Å². The summed E-state index contributed by atoms with van der Waals surface area (Å²) in [5.74, 6) is -0.836. The minimum atomic E-state index is -2.72. The summed E-state index contributed by atoms with van der Waals surface area (Å²) >= 11 is 0. The number of aliphatic hydroxyl groups is 1. The number of rotatable bonds is 4. The molecule has 62 valence electrons. The average Bonchev–Trinajstić information content (AvgIpc) is 1.88. The molecule has 0 heterocycles. The fourth-order valence-electron chi connectivity index (χ4n) is 0.682. The molecule has 0 bridgehead atoms. The Morgan fingerprint density at radius 2 is 2.10 bits per heavy atom. The van der Waals surface area contributed by atoms with Crippen LogP contribution in [-0.2, 0) is 9.09 Å². The van der Waals surface area contributed by atoms with Gasteiger partial charge in [0.05, 0.1) is 6.61 Å². The normalized spacial score (nSPS) is 20.0. The molecule has 3 nitrogen and oxygen atoms in total. The van der Waals surface area contributed by atoms with E-state index in [4.69, 9.17) is 9.63 Å². The first-order valence-corrected chi connectivity index (χ1v) is 5.36. The second kappa shape index (κ2) is 4.12. The zero-order chi connectivity index (χ0) is 8.20. The molecular formula is C6H15O3P. The maximum atomic E-state index is 11.4.